The maximum Gasteiger partial charge on any atom is 0.300 e. The van der Waals surface area contributed by atoms with Gasteiger partial charge >= 0.3 is 0 Å². The van der Waals surface area contributed by atoms with Crippen LogP contribution in [0.2, 0.25) is 5.02 Å². The normalized spacial score (nSPS) is 17.8. The van der Waals surface area contributed by atoms with E-state index in [1.165, 1.54) is 18.3 Å². The Balaban J connectivity index is 2.01. The molecule has 0 spiro atoms. The summed E-state index contributed by atoms with van der Waals surface area (Å²) in [6.45, 7) is 5.62. The Labute approximate surface area is 190 Å². The molecule has 2 aromatic carbocycles. The van der Waals surface area contributed by atoms with E-state index in [-0.39, 0.29) is 27.7 Å². The number of benzene rings is 2. The highest BCUT2D eigenvalue weighted by Crippen LogP contribution is 2.45. The number of carbonyl (C=O) groups is 2. The Bertz CT molecular complexity index is 1260. The molecule has 1 aromatic heterocycles. The van der Waals surface area contributed by atoms with Crippen molar-refractivity contribution in [2.45, 2.75) is 26.8 Å². The van der Waals surface area contributed by atoms with Crippen LogP contribution in [0.5, 0.6) is 5.75 Å². The van der Waals surface area contributed by atoms with Crippen molar-refractivity contribution in [2.75, 3.05) is 12.0 Å². The summed E-state index contributed by atoms with van der Waals surface area (Å²) < 4.78 is 11.0. The number of hydrogen-bond donors (Lipinski definition) is 1. The second-order valence-corrected chi connectivity index (χ2v) is 8.14. The minimum Gasteiger partial charge on any atom is -0.507 e. The first-order chi connectivity index (χ1) is 15.3. The molecule has 0 aliphatic carbocycles. The van der Waals surface area contributed by atoms with Crippen LogP contribution in [-0.2, 0) is 9.59 Å². The average molecular weight is 452 g/mol. The molecular formula is C25H22ClNO5. The fourth-order valence-corrected chi connectivity index (χ4v) is 4.40. The van der Waals surface area contributed by atoms with Gasteiger partial charge in [0.05, 0.1) is 29.5 Å². The fourth-order valence-electron chi connectivity index (χ4n) is 4.05. The molecule has 0 bridgehead atoms. The Hall–Kier alpha value is -3.51. The second-order valence-electron chi connectivity index (χ2n) is 7.73. The maximum absolute atomic E-state index is 13.3. The number of aryl methyl sites for hydroxylation is 2. The van der Waals surface area contributed by atoms with E-state index in [1.807, 2.05) is 26.0 Å². The summed E-state index contributed by atoms with van der Waals surface area (Å²) in [5.74, 6) is -1.38. The standard InChI is InChI=1S/C25H22ClNO5/c1-13-11-16(24(31-4)17(26)12-13)22(28)20-21(19-9-6-10-32-19)27(25(30)23(20)29)18-8-5-7-14(2)15(18)3/h5-12,21,28H,1-4H3/b22-20-. The lowest BCUT2D eigenvalue weighted by molar-refractivity contribution is -0.132. The Morgan fingerprint density at radius 3 is 2.53 bits per heavy atom. The second kappa shape index (κ2) is 8.20. The summed E-state index contributed by atoms with van der Waals surface area (Å²) in [7, 11) is 1.42. The van der Waals surface area contributed by atoms with Gasteiger partial charge in [-0.05, 0) is 67.8 Å². The Morgan fingerprint density at radius 2 is 1.88 bits per heavy atom. The number of nitrogens with zero attached hydrogens (tertiary/aromatic N) is 1. The van der Waals surface area contributed by atoms with E-state index in [0.29, 0.717) is 11.4 Å². The van der Waals surface area contributed by atoms with E-state index >= 15 is 0 Å². The summed E-state index contributed by atoms with van der Waals surface area (Å²) in [4.78, 5) is 27.9. The van der Waals surface area contributed by atoms with E-state index < -0.39 is 17.7 Å². The molecule has 0 radical (unpaired) electrons. The van der Waals surface area contributed by atoms with Crippen LogP contribution in [0.1, 0.15) is 34.1 Å². The van der Waals surface area contributed by atoms with Crippen molar-refractivity contribution in [1.82, 2.24) is 0 Å². The van der Waals surface area contributed by atoms with E-state index in [9.17, 15) is 14.7 Å². The highest BCUT2D eigenvalue weighted by Gasteiger charge is 2.49. The van der Waals surface area contributed by atoms with Crippen LogP contribution >= 0.6 is 11.6 Å². The fraction of sp³-hybridized carbons (Fsp3) is 0.200. The first kappa shape index (κ1) is 21.7. The summed E-state index contributed by atoms with van der Waals surface area (Å²) in [6, 6.07) is 11.3. The van der Waals surface area contributed by atoms with Gasteiger partial charge in [-0.15, -0.1) is 0 Å². The van der Waals surface area contributed by atoms with E-state index in [2.05, 4.69) is 0 Å². The average Bonchev–Trinajstić information content (AvgIpc) is 3.36. The molecule has 164 valence electrons. The number of hydrogen-bond acceptors (Lipinski definition) is 5. The highest BCUT2D eigenvalue weighted by atomic mass is 35.5. The van der Waals surface area contributed by atoms with Gasteiger partial charge in [-0.25, -0.2) is 0 Å². The van der Waals surface area contributed by atoms with Crippen molar-refractivity contribution in [2.24, 2.45) is 0 Å². The van der Waals surface area contributed by atoms with Gasteiger partial charge in [0.1, 0.15) is 23.3 Å². The van der Waals surface area contributed by atoms with Crippen molar-refractivity contribution in [1.29, 1.82) is 0 Å². The number of aliphatic hydroxyl groups excluding tert-OH is 1. The molecule has 1 saturated heterocycles. The molecule has 1 unspecified atom stereocenters. The van der Waals surface area contributed by atoms with Crippen molar-refractivity contribution < 1.29 is 23.8 Å². The number of furan rings is 1. The number of Topliss-reactive ketones (excluding diaryl/α,β-unsaturated/α-hetero) is 1. The third kappa shape index (κ3) is 3.37. The van der Waals surface area contributed by atoms with Crippen molar-refractivity contribution >= 4 is 34.7 Å². The molecule has 0 saturated carbocycles. The molecule has 3 aromatic rings. The van der Waals surface area contributed by atoms with Crippen molar-refractivity contribution in [3.8, 4) is 5.75 Å². The molecule has 7 heteroatoms. The third-order valence-electron chi connectivity index (χ3n) is 5.74. The number of ketones is 1. The molecule has 1 atom stereocenters. The summed E-state index contributed by atoms with van der Waals surface area (Å²) in [5, 5.41) is 11.6. The van der Waals surface area contributed by atoms with E-state index in [4.69, 9.17) is 20.8 Å². The number of amides is 1. The van der Waals surface area contributed by atoms with Crippen LogP contribution in [0.3, 0.4) is 0 Å². The molecular weight excluding hydrogens is 430 g/mol. The molecule has 1 fully saturated rings. The SMILES string of the molecule is COc1c(Cl)cc(C)cc1/C(O)=C1/C(=O)C(=O)N(c2cccc(C)c2C)C1c1ccco1. The molecule has 1 aliphatic heterocycles. The zero-order valence-corrected chi connectivity index (χ0v) is 18.9. The zero-order chi connectivity index (χ0) is 23.2. The van der Waals surface area contributed by atoms with Gasteiger partial charge in [0.2, 0.25) is 0 Å². The molecule has 4 rings (SSSR count). The molecule has 1 N–H and O–H groups in total. The minimum atomic E-state index is -0.950. The Kier molecular flexibility index (Phi) is 5.57. The third-order valence-corrected chi connectivity index (χ3v) is 6.02. The van der Waals surface area contributed by atoms with Gasteiger partial charge in [0, 0.05) is 5.69 Å². The predicted molar refractivity (Wildman–Crippen MR) is 122 cm³/mol. The van der Waals surface area contributed by atoms with Crippen LogP contribution in [0.15, 0.2) is 58.7 Å². The highest BCUT2D eigenvalue weighted by molar-refractivity contribution is 6.51. The number of carbonyl (C=O) groups excluding carboxylic acids is 2. The molecule has 1 aliphatic rings. The number of methoxy groups -OCH3 is 1. The Morgan fingerprint density at radius 1 is 1.12 bits per heavy atom. The lowest BCUT2D eigenvalue weighted by atomic mass is 9.97. The van der Waals surface area contributed by atoms with Gasteiger partial charge in [-0.3, -0.25) is 14.5 Å². The topological polar surface area (TPSA) is 80.0 Å². The van der Waals surface area contributed by atoms with Crippen LogP contribution in [0.4, 0.5) is 5.69 Å². The van der Waals surface area contributed by atoms with Crippen LogP contribution in [0.25, 0.3) is 5.76 Å². The number of rotatable bonds is 4. The summed E-state index contributed by atoms with van der Waals surface area (Å²) >= 11 is 6.31. The van der Waals surface area contributed by atoms with E-state index in [0.717, 1.165) is 16.7 Å². The predicted octanol–water partition coefficient (Wildman–Crippen LogP) is 5.49. The smallest absolute Gasteiger partial charge is 0.300 e. The van der Waals surface area contributed by atoms with Crippen LogP contribution in [-0.4, -0.2) is 23.9 Å². The molecule has 2 heterocycles. The number of anilines is 1. The summed E-state index contributed by atoms with van der Waals surface area (Å²) in [5.41, 5.74) is 3.29. The monoisotopic (exact) mass is 451 g/mol. The van der Waals surface area contributed by atoms with Gasteiger partial charge in [0.25, 0.3) is 11.7 Å². The van der Waals surface area contributed by atoms with Gasteiger partial charge in [-0.1, -0.05) is 23.7 Å². The van der Waals surface area contributed by atoms with Gasteiger partial charge in [0.15, 0.2) is 0 Å². The number of aliphatic hydroxyl groups is 1. The first-order valence-electron chi connectivity index (χ1n) is 10.0. The molecule has 6 nitrogen and oxygen atoms in total. The summed E-state index contributed by atoms with van der Waals surface area (Å²) in [6.07, 6.45) is 1.46. The van der Waals surface area contributed by atoms with E-state index in [1.54, 1.807) is 37.3 Å². The quantitative estimate of drug-likeness (QED) is 0.322. The van der Waals surface area contributed by atoms with Crippen molar-refractivity contribution in [3.63, 3.8) is 0 Å². The number of ether oxygens (including phenoxy) is 1. The van der Waals surface area contributed by atoms with Gasteiger partial charge < -0.3 is 14.3 Å². The zero-order valence-electron chi connectivity index (χ0n) is 18.1. The molecule has 1 amide bonds. The largest absolute Gasteiger partial charge is 0.507 e. The van der Waals surface area contributed by atoms with Gasteiger partial charge in [-0.2, -0.15) is 0 Å². The maximum atomic E-state index is 13.3. The lowest BCUT2D eigenvalue weighted by Crippen LogP contribution is -2.30. The number of halogens is 1. The lowest BCUT2D eigenvalue weighted by Gasteiger charge is -2.25. The molecule has 32 heavy (non-hydrogen) atoms. The van der Waals surface area contributed by atoms with Crippen LogP contribution < -0.4 is 9.64 Å². The minimum absolute atomic E-state index is 0.0918. The van der Waals surface area contributed by atoms with Crippen molar-refractivity contribution in [3.05, 3.63) is 87.3 Å². The first-order valence-corrected chi connectivity index (χ1v) is 10.4. The van der Waals surface area contributed by atoms with Crippen LogP contribution in [0, 0.1) is 20.8 Å².